The van der Waals surface area contributed by atoms with Crippen LogP contribution in [0.25, 0.3) is 16.9 Å². The molecule has 1 aromatic carbocycles. The van der Waals surface area contributed by atoms with Gasteiger partial charge < -0.3 is 9.64 Å². The minimum Gasteiger partial charge on any atom is -0.453 e. The van der Waals surface area contributed by atoms with Gasteiger partial charge in [0, 0.05) is 24.5 Å². The van der Waals surface area contributed by atoms with Crippen molar-refractivity contribution in [2.45, 2.75) is 18.9 Å². The third-order valence-corrected chi connectivity index (χ3v) is 5.80. The molecule has 0 bridgehead atoms. The van der Waals surface area contributed by atoms with Gasteiger partial charge in [-0.2, -0.15) is 0 Å². The molecule has 8 heteroatoms. The molecule has 1 atom stereocenters. The summed E-state index contributed by atoms with van der Waals surface area (Å²) in [6.07, 6.45) is 7.13. The number of rotatable bonds is 4. The van der Waals surface area contributed by atoms with E-state index >= 15 is 0 Å². The van der Waals surface area contributed by atoms with Crippen LogP contribution in [0.3, 0.4) is 0 Å². The van der Waals surface area contributed by atoms with Crippen LogP contribution in [0, 0.1) is 5.82 Å². The van der Waals surface area contributed by atoms with Crippen molar-refractivity contribution >= 4 is 23.2 Å². The molecule has 1 fully saturated rings. The van der Waals surface area contributed by atoms with Crippen molar-refractivity contribution in [3.8, 4) is 11.3 Å². The number of nitrogens with zero attached hydrogens (tertiary/aromatic N) is 4. The van der Waals surface area contributed by atoms with Crippen LogP contribution in [0.5, 0.6) is 0 Å². The Hall–Kier alpha value is -3.94. The van der Waals surface area contributed by atoms with E-state index in [1.54, 1.807) is 12.3 Å². The first-order chi connectivity index (χ1) is 15.6. The number of amides is 1. The van der Waals surface area contributed by atoms with E-state index in [1.807, 2.05) is 34.9 Å². The van der Waals surface area contributed by atoms with Crippen LogP contribution in [-0.2, 0) is 4.74 Å². The van der Waals surface area contributed by atoms with Crippen LogP contribution in [0.4, 0.5) is 20.7 Å². The molecular formula is C24H22FN5O2. The van der Waals surface area contributed by atoms with Gasteiger partial charge in [0.2, 0.25) is 0 Å². The van der Waals surface area contributed by atoms with E-state index in [0.717, 1.165) is 47.5 Å². The van der Waals surface area contributed by atoms with Gasteiger partial charge in [-0.05, 0) is 54.8 Å². The smallest absolute Gasteiger partial charge is 0.412 e. The summed E-state index contributed by atoms with van der Waals surface area (Å²) in [5.41, 5.74) is 4.81. The zero-order valence-electron chi connectivity index (χ0n) is 17.5. The number of methoxy groups -OCH3 is 1. The molecule has 4 heterocycles. The molecule has 5 rings (SSSR count). The van der Waals surface area contributed by atoms with Gasteiger partial charge in [0.25, 0.3) is 0 Å². The van der Waals surface area contributed by atoms with Crippen molar-refractivity contribution in [1.29, 1.82) is 0 Å². The summed E-state index contributed by atoms with van der Waals surface area (Å²) >= 11 is 0. The SMILES string of the molecule is COC(=O)Nc1ccc(-c2cnc3ccc(N4CCCC4c4ccc(F)cc4)cn23)cn1. The number of fused-ring (bicyclic) bond motifs is 1. The molecule has 1 aliphatic heterocycles. The van der Waals surface area contributed by atoms with Gasteiger partial charge >= 0.3 is 6.09 Å². The van der Waals surface area contributed by atoms with Gasteiger partial charge in [0.15, 0.2) is 0 Å². The summed E-state index contributed by atoms with van der Waals surface area (Å²) in [6.45, 7) is 0.938. The van der Waals surface area contributed by atoms with Crippen LogP contribution in [0.15, 0.2) is 67.1 Å². The second kappa shape index (κ2) is 8.30. The lowest BCUT2D eigenvalue weighted by Crippen LogP contribution is -2.22. The number of hydrogen-bond donors (Lipinski definition) is 1. The Balaban J connectivity index is 1.46. The van der Waals surface area contributed by atoms with Gasteiger partial charge in [0.05, 0.1) is 30.7 Å². The second-order valence-corrected chi connectivity index (χ2v) is 7.71. The Morgan fingerprint density at radius 1 is 1.09 bits per heavy atom. The molecule has 0 saturated carbocycles. The fraction of sp³-hybridized carbons (Fsp3) is 0.208. The van der Waals surface area contributed by atoms with Crippen molar-refractivity contribution in [3.63, 3.8) is 0 Å². The highest BCUT2D eigenvalue weighted by atomic mass is 19.1. The molecule has 1 saturated heterocycles. The van der Waals surface area contributed by atoms with Crippen molar-refractivity contribution < 1.29 is 13.9 Å². The summed E-state index contributed by atoms with van der Waals surface area (Å²) in [4.78, 5) is 22.5. The van der Waals surface area contributed by atoms with Gasteiger partial charge in [0.1, 0.15) is 17.3 Å². The minimum absolute atomic E-state index is 0.213. The highest BCUT2D eigenvalue weighted by molar-refractivity contribution is 5.83. The topological polar surface area (TPSA) is 71.8 Å². The lowest BCUT2D eigenvalue weighted by Gasteiger charge is -2.27. The first kappa shape index (κ1) is 20.0. The zero-order chi connectivity index (χ0) is 22.1. The van der Waals surface area contributed by atoms with Crippen LogP contribution in [0.1, 0.15) is 24.4 Å². The molecule has 0 radical (unpaired) electrons. The predicted octanol–water partition coefficient (Wildman–Crippen LogP) is 5.06. The molecule has 3 aromatic heterocycles. The standard InChI is InChI=1S/C24H22FN5O2/c1-32-24(31)28-22-10-6-17(13-26-22)21-14-27-23-11-9-19(15-30(21)23)29-12-2-3-20(29)16-4-7-18(25)8-5-16/h4-11,13-15,20H,2-3,12H2,1H3,(H,26,28,31). The monoisotopic (exact) mass is 431 g/mol. The summed E-state index contributed by atoms with van der Waals surface area (Å²) < 4.78 is 20.0. The molecule has 162 valence electrons. The molecule has 1 amide bonds. The van der Waals surface area contributed by atoms with Gasteiger partial charge in [-0.25, -0.2) is 19.2 Å². The van der Waals surface area contributed by atoms with Gasteiger partial charge in [-0.3, -0.25) is 9.72 Å². The number of aromatic nitrogens is 3. The largest absolute Gasteiger partial charge is 0.453 e. The fourth-order valence-electron chi connectivity index (χ4n) is 4.23. The highest BCUT2D eigenvalue weighted by Crippen LogP contribution is 2.36. The number of hydrogen-bond acceptors (Lipinski definition) is 5. The molecular weight excluding hydrogens is 409 g/mol. The van der Waals surface area contributed by atoms with E-state index in [1.165, 1.54) is 19.2 Å². The first-order valence-corrected chi connectivity index (χ1v) is 10.4. The molecule has 1 unspecified atom stereocenters. The number of ether oxygens (including phenoxy) is 1. The maximum atomic E-state index is 13.4. The van der Waals surface area contributed by atoms with E-state index in [9.17, 15) is 9.18 Å². The number of pyridine rings is 2. The Labute approximate surface area is 184 Å². The number of benzene rings is 1. The Morgan fingerprint density at radius 3 is 2.69 bits per heavy atom. The third-order valence-electron chi connectivity index (χ3n) is 5.80. The van der Waals surface area contributed by atoms with Crippen molar-refractivity contribution in [2.24, 2.45) is 0 Å². The van der Waals surface area contributed by atoms with Gasteiger partial charge in [-0.1, -0.05) is 12.1 Å². The van der Waals surface area contributed by atoms with Crippen molar-refractivity contribution in [3.05, 3.63) is 78.5 Å². The molecule has 7 nitrogen and oxygen atoms in total. The number of halogens is 1. The quantitative estimate of drug-likeness (QED) is 0.489. The van der Waals surface area contributed by atoms with Crippen LogP contribution in [-0.4, -0.2) is 34.1 Å². The number of nitrogens with one attached hydrogen (secondary N) is 1. The minimum atomic E-state index is -0.564. The summed E-state index contributed by atoms with van der Waals surface area (Å²) in [5.74, 6) is 0.193. The highest BCUT2D eigenvalue weighted by Gasteiger charge is 2.26. The summed E-state index contributed by atoms with van der Waals surface area (Å²) in [6, 6.07) is 14.7. The number of imidazole rings is 1. The molecule has 1 N–H and O–H groups in total. The van der Waals surface area contributed by atoms with E-state index in [-0.39, 0.29) is 11.9 Å². The van der Waals surface area contributed by atoms with Crippen LogP contribution < -0.4 is 10.2 Å². The van der Waals surface area contributed by atoms with Crippen LogP contribution >= 0.6 is 0 Å². The maximum Gasteiger partial charge on any atom is 0.412 e. The van der Waals surface area contributed by atoms with E-state index in [0.29, 0.717) is 5.82 Å². The summed E-state index contributed by atoms with van der Waals surface area (Å²) in [7, 11) is 1.31. The van der Waals surface area contributed by atoms with E-state index in [4.69, 9.17) is 0 Å². The maximum absolute atomic E-state index is 13.4. The predicted molar refractivity (Wildman–Crippen MR) is 120 cm³/mol. The number of carbonyl (C=O) groups excluding carboxylic acids is 1. The van der Waals surface area contributed by atoms with Gasteiger partial charge in [-0.15, -0.1) is 0 Å². The zero-order valence-corrected chi connectivity index (χ0v) is 17.5. The molecule has 32 heavy (non-hydrogen) atoms. The Morgan fingerprint density at radius 2 is 1.94 bits per heavy atom. The van der Waals surface area contributed by atoms with Crippen LogP contribution in [0.2, 0.25) is 0 Å². The first-order valence-electron chi connectivity index (χ1n) is 10.4. The normalized spacial score (nSPS) is 15.8. The van der Waals surface area contributed by atoms with E-state index < -0.39 is 6.09 Å². The average Bonchev–Trinajstić information content (AvgIpc) is 3.47. The Kier molecular flexibility index (Phi) is 5.18. The Bertz CT molecular complexity index is 1250. The lowest BCUT2D eigenvalue weighted by atomic mass is 10.0. The second-order valence-electron chi connectivity index (χ2n) is 7.71. The van der Waals surface area contributed by atoms with Crippen molar-refractivity contribution in [1.82, 2.24) is 14.4 Å². The molecule has 0 aliphatic carbocycles. The van der Waals surface area contributed by atoms with Crippen molar-refractivity contribution in [2.75, 3.05) is 23.9 Å². The van der Waals surface area contributed by atoms with E-state index in [2.05, 4.69) is 37.2 Å². The number of anilines is 2. The lowest BCUT2D eigenvalue weighted by molar-refractivity contribution is 0.187. The summed E-state index contributed by atoms with van der Waals surface area (Å²) in [5, 5.41) is 2.55. The average molecular weight is 431 g/mol. The molecule has 0 spiro atoms. The fourth-order valence-corrected chi connectivity index (χ4v) is 4.23. The third kappa shape index (κ3) is 3.75. The molecule has 1 aliphatic rings. The molecule has 4 aromatic rings. The number of carbonyl (C=O) groups is 1.